The number of carbonyl (C=O) groups excluding carboxylic acids is 2. The van der Waals surface area contributed by atoms with Crippen LogP contribution < -0.4 is 4.74 Å². The third-order valence-electron chi connectivity index (χ3n) is 6.57. The number of hydrogen-bond acceptors (Lipinski definition) is 4. The molecule has 2 aromatic rings. The maximum Gasteiger partial charge on any atom is 0.242 e. The molecule has 4 rings (SSSR count). The van der Waals surface area contributed by atoms with Gasteiger partial charge in [0.2, 0.25) is 11.8 Å². The van der Waals surface area contributed by atoms with Crippen LogP contribution in [0.25, 0.3) is 0 Å². The first kappa shape index (κ1) is 23.8. The highest BCUT2D eigenvalue weighted by Crippen LogP contribution is 2.35. The number of nitrogens with zero attached hydrogens (tertiary/aromatic N) is 2. The summed E-state index contributed by atoms with van der Waals surface area (Å²) in [5.74, 6) is 1.72. The van der Waals surface area contributed by atoms with Crippen molar-refractivity contribution in [2.75, 3.05) is 19.7 Å². The molecule has 33 heavy (non-hydrogen) atoms. The Labute approximate surface area is 201 Å². The van der Waals surface area contributed by atoms with E-state index in [4.69, 9.17) is 4.74 Å². The van der Waals surface area contributed by atoms with E-state index >= 15 is 0 Å². The van der Waals surface area contributed by atoms with E-state index in [1.54, 1.807) is 11.3 Å². The van der Waals surface area contributed by atoms with Gasteiger partial charge in [0.25, 0.3) is 0 Å². The molecule has 1 atom stereocenters. The molecular weight excluding hydrogens is 432 g/mol. The smallest absolute Gasteiger partial charge is 0.242 e. The van der Waals surface area contributed by atoms with Crippen molar-refractivity contribution >= 4 is 23.2 Å². The average molecular weight is 469 g/mol. The Balaban J connectivity index is 1.47. The molecule has 1 aromatic heterocycles. The van der Waals surface area contributed by atoms with Gasteiger partial charge in [-0.15, -0.1) is 11.3 Å². The number of rotatable bonds is 9. The fourth-order valence-electron chi connectivity index (χ4n) is 4.51. The molecule has 0 N–H and O–H groups in total. The van der Waals surface area contributed by atoms with Crippen molar-refractivity contribution in [2.24, 2.45) is 5.92 Å². The molecular formula is C27H36N2O3S. The van der Waals surface area contributed by atoms with Crippen LogP contribution in [0, 0.1) is 5.92 Å². The SMILES string of the molecule is CC(C)CC(=O)N(CC(=O)N1CCc2sccc2[C@@H]1COc1ccc(C(C)C)cc1)C1CC1. The summed E-state index contributed by atoms with van der Waals surface area (Å²) in [6.45, 7) is 9.72. The molecule has 2 amide bonds. The summed E-state index contributed by atoms with van der Waals surface area (Å²) in [5.41, 5.74) is 2.47. The maximum atomic E-state index is 13.5. The first-order chi connectivity index (χ1) is 15.8. The molecule has 5 nitrogen and oxygen atoms in total. The zero-order valence-electron chi connectivity index (χ0n) is 20.3. The molecule has 1 aliphatic carbocycles. The molecule has 1 saturated carbocycles. The lowest BCUT2D eigenvalue weighted by molar-refractivity contribution is -0.143. The van der Waals surface area contributed by atoms with Gasteiger partial charge >= 0.3 is 0 Å². The molecule has 1 aliphatic heterocycles. The van der Waals surface area contributed by atoms with E-state index in [0.29, 0.717) is 31.4 Å². The monoisotopic (exact) mass is 468 g/mol. The van der Waals surface area contributed by atoms with Gasteiger partial charge in [-0.05, 0) is 65.8 Å². The summed E-state index contributed by atoms with van der Waals surface area (Å²) in [4.78, 5) is 31.4. The zero-order chi connectivity index (χ0) is 23.5. The molecule has 2 aliphatic rings. The van der Waals surface area contributed by atoms with Crippen LogP contribution in [0.1, 0.15) is 74.9 Å². The van der Waals surface area contributed by atoms with Gasteiger partial charge < -0.3 is 14.5 Å². The van der Waals surface area contributed by atoms with Crippen molar-refractivity contribution in [1.29, 1.82) is 0 Å². The molecule has 0 unspecified atom stereocenters. The van der Waals surface area contributed by atoms with Crippen molar-refractivity contribution < 1.29 is 14.3 Å². The van der Waals surface area contributed by atoms with Crippen molar-refractivity contribution in [3.05, 3.63) is 51.7 Å². The second kappa shape index (κ2) is 10.3. The van der Waals surface area contributed by atoms with Gasteiger partial charge in [0.1, 0.15) is 18.9 Å². The highest BCUT2D eigenvalue weighted by molar-refractivity contribution is 7.10. The van der Waals surface area contributed by atoms with E-state index in [9.17, 15) is 9.59 Å². The predicted molar refractivity (Wildman–Crippen MR) is 133 cm³/mol. The van der Waals surface area contributed by atoms with Crippen LogP contribution in [0.5, 0.6) is 5.75 Å². The second-order valence-corrected chi connectivity index (χ2v) is 11.0. The third-order valence-corrected chi connectivity index (χ3v) is 7.56. The minimum absolute atomic E-state index is 0.0274. The summed E-state index contributed by atoms with van der Waals surface area (Å²) in [6.07, 6.45) is 3.37. The first-order valence-electron chi connectivity index (χ1n) is 12.2. The van der Waals surface area contributed by atoms with Gasteiger partial charge in [0, 0.05) is 23.9 Å². The molecule has 2 heterocycles. The van der Waals surface area contributed by atoms with E-state index in [2.05, 4.69) is 51.3 Å². The molecule has 6 heteroatoms. The Hall–Kier alpha value is -2.34. The molecule has 0 saturated heterocycles. The minimum atomic E-state index is -0.126. The summed E-state index contributed by atoms with van der Waals surface area (Å²) < 4.78 is 6.18. The molecule has 0 spiro atoms. The standard InChI is InChI=1S/C27H36N2O3S/c1-18(2)15-26(30)29(21-7-8-21)16-27(31)28-13-11-25-23(12-14-33-25)24(28)17-32-22-9-5-20(6-10-22)19(3)4/h5-6,9-10,12,14,18-19,21,24H,7-8,11,13,15-17H2,1-4H3/t24-/m0/s1. The molecule has 1 aromatic carbocycles. The largest absolute Gasteiger partial charge is 0.491 e. The summed E-state index contributed by atoms with van der Waals surface area (Å²) in [7, 11) is 0. The Bertz CT molecular complexity index is 962. The van der Waals surface area contributed by atoms with E-state index in [0.717, 1.165) is 25.0 Å². The summed E-state index contributed by atoms with van der Waals surface area (Å²) in [5, 5.41) is 2.10. The van der Waals surface area contributed by atoms with Crippen LogP contribution in [0.3, 0.4) is 0 Å². The average Bonchev–Trinajstić information content (AvgIpc) is 3.50. The van der Waals surface area contributed by atoms with Gasteiger partial charge in [0.05, 0.1) is 6.04 Å². The molecule has 1 fully saturated rings. The van der Waals surface area contributed by atoms with Gasteiger partial charge in [0.15, 0.2) is 0 Å². The van der Waals surface area contributed by atoms with E-state index in [1.165, 1.54) is 16.0 Å². The number of hydrogen-bond donors (Lipinski definition) is 0. The van der Waals surface area contributed by atoms with Crippen molar-refractivity contribution in [1.82, 2.24) is 9.80 Å². The third kappa shape index (κ3) is 5.78. The Morgan fingerprint density at radius 2 is 1.85 bits per heavy atom. The van der Waals surface area contributed by atoms with E-state index < -0.39 is 0 Å². The maximum absolute atomic E-state index is 13.5. The van der Waals surface area contributed by atoms with Crippen LogP contribution in [-0.4, -0.2) is 47.4 Å². The summed E-state index contributed by atoms with van der Waals surface area (Å²) >= 11 is 1.75. The van der Waals surface area contributed by atoms with Crippen LogP contribution >= 0.6 is 11.3 Å². The molecule has 0 bridgehead atoms. The van der Waals surface area contributed by atoms with Crippen molar-refractivity contribution in [2.45, 2.75) is 71.4 Å². The number of amides is 2. The van der Waals surface area contributed by atoms with Crippen LogP contribution in [0.2, 0.25) is 0 Å². The quantitative estimate of drug-likeness (QED) is 0.494. The lowest BCUT2D eigenvalue weighted by Gasteiger charge is -2.37. The predicted octanol–water partition coefficient (Wildman–Crippen LogP) is 5.41. The Morgan fingerprint density at radius 3 is 2.48 bits per heavy atom. The molecule has 0 radical (unpaired) electrons. The van der Waals surface area contributed by atoms with E-state index in [1.807, 2.05) is 21.9 Å². The van der Waals surface area contributed by atoms with Crippen LogP contribution in [0.4, 0.5) is 0 Å². The van der Waals surface area contributed by atoms with Crippen molar-refractivity contribution in [3.8, 4) is 5.75 Å². The number of ether oxygens (including phenoxy) is 1. The van der Waals surface area contributed by atoms with E-state index in [-0.39, 0.29) is 30.4 Å². The second-order valence-electron chi connectivity index (χ2n) is 10.0. The number of fused-ring (bicyclic) bond motifs is 1. The van der Waals surface area contributed by atoms with Crippen molar-refractivity contribution in [3.63, 3.8) is 0 Å². The normalized spacial score (nSPS) is 17.9. The Kier molecular flexibility index (Phi) is 7.42. The first-order valence-corrected chi connectivity index (χ1v) is 13.1. The van der Waals surface area contributed by atoms with Gasteiger partial charge in [-0.1, -0.05) is 39.8 Å². The highest BCUT2D eigenvalue weighted by atomic mass is 32.1. The van der Waals surface area contributed by atoms with Crippen LogP contribution in [0.15, 0.2) is 35.7 Å². The van der Waals surface area contributed by atoms with Gasteiger partial charge in [-0.3, -0.25) is 9.59 Å². The Morgan fingerprint density at radius 1 is 1.12 bits per heavy atom. The zero-order valence-corrected chi connectivity index (χ0v) is 21.1. The lowest BCUT2D eigenvalue weighted by atomic mass is 10.00. The molecule has 178 valence electrons. The summed E-state index contributed by atoms with van der Waals surface area (Å²) in [6, 6.07) is 10.5. The topological polar surface area (TPSA) is 49.9 Å². The number of thiophene rings is 1. The number of benzene rings is 1. The van der Waals surface area contributed by atoms with Gasteiger partial charge in [-0.25, -0.2) is 0 Å². The van der Waals surface area contributed by atoms with Crippen LogP contribution in [-0.2, 0) is 16.0 Å². The fraction of sp³-hybridized carbons (Fsp3) is 0.556. The van der Waals surface area contributed by atoms with Gasteiger partial charge in [-0.2, -0.15) is 0 Å². The fourth-order valence-corrected chi connectivity index (χ4v) is 5.44. The lowest BCUT2D eigenvalue weighted by Crippen LogP contribution is -2.48. The minimum Gasteiger partial charge on any atom is -0.491 e. The highest BCUT2D eigenvalue weighted by Gasteiger charge is 2.37. The number of carbonyl (C=O) groups is 2.